The third-order valence-electron chi connectivity index (χ3n) is 3.03. The fraction of sp³-hybridized carbons (Fsp3) is 0.250. The average molecular weight is 263 g/mol. The molecule has 0 nitrogen and oxygen atoms in total. The first kappa shape index (κ1) is 13.7. The van der Waals surface area contributed by atoms with E-state index in [1.807, 2.05) is 24.3 Å². The van der Waals surface area contributed by atoms with Crippen LogP contribution in [0.1, 0.15) is 30.9 Å². The van der Waals surface area contributed by atoms with Gasteiger partial charge in [-0.15, -0.1) is 0 Å². The van der Waals surface area contributed by atoms with Gasteiger partial charge in [-0.05, 0) is 40.8 Å². The van der Waals surface area contributed by atoms with Gasteiger partial charge in [-0.1, -0.05) is 44.2 Å². The van der Waals surface area contributed by atoms with Crippen molar-refractivity contribution in [1.82, 2.24) is 0 Å². The maximum atomic E-state index is 12.4. The zero-order valence-electron chi connectivity index (χ0n) is 10.8. The molecule has 2 aromatic carbocycles. The maximum absolute atomic E-state index is 12.4. The summed E-state index contributed by atoms with van der Waals surface area (Å²) >= 11 is 0. The van der Waals surface area contributed by atoms with Gasteiger partial charge >= 0.3 is 6.18 Å². The number of hydrogen-bond donors (Lipinski definition) is 0. The van der Waals surface area contributed by atoms with Crippen LogP contribution in [0.5, 0.6) is 0 Å². The predicted octanol–water partition coefficient (Wildman–Crippen LogP) is 5.30. The maximum Gasteiger partial charge on any atom is 0.416 e. The van der Waals surface area contributed by atoms with E-state index in [0.29, 0.717) is 11.5 Å². The molecule has 0 aliphatic carbocycles. The van der Waals surface area contributed by atoms with Crippen molar-refractivity contribution in [3.05, 3.63) is 59.7 Å². The molecule has 2 rings (SSSR count). The second-order valence-corrected chi connectivity index (χ2v) is 4.77. The van der Waals surface area contributed by atoms with Crippen LogP contribution in [0.25, 0.3) is 11.1 Å². The number of alkyl halides is 3. The molecule has 19 heavy (non-hydrogen) atoms. The first-order chi connectivity index (χ1) is 8.88. The highest BCUT2D eigenvalue weighted by Crippen LogP contribution is 2.31. The Morgan fingerprint density at radius 1 is 0.947 bits per heavy atom. The standard InChI is InChI=1S/C16H14F3/c1-11(2)12-3-5-13(6-4-12)14-7-9-15(10-8-14)16(17,18)19/h3-7,9-11H,1-2H3. The van der Waals surface area contributed by atoms with Gasteiger partial charge in [-0.3, -0.25) is 0 Å². The highest BCUT2D eigenvalue weighted by atomic mass is 19.4. The molecule has 0 fully saturated rings. The summed E-state index contributed by atoms with van der Waals surface area (Å²) < 4.78 is 37.3. The lowest BCUT2D eigenvalue weighted by Gasteiger charge is -2.09. The van der Waals surface area contributed by atoms with E-state index in [9.17, 15) is 13.2 Å². The molecule has 99 valence electrons. The van der Waals surface area contributed by atoms with Gasteiger partial charge in [0, 0.05) is 0 Å². The van der Waals surface area contributed by atoms with Gasteiger partial charge in [0.05, 0.1) is 5.56 Å². The average Bonchev–Trinajstić information content (AvgIpc) is 2.38. The van der Waals surface area contributed by atoms with E-state index in [-0.39, 0.29) is 0 Å². The van der Waals surface area contributed by atoms with Crippen LogP contribution in [0.4, 0.5) is 13.2 Å². The van der Waals surface area contributed by atoms with Gasteiger partial charge in [0.2, 0.25) is 0 Å². The van der Waals surface area contributed by atoms with E-state index in [4.69, 9.17) is 0 Å². The summed E-state index contributed by atoms with van der Waals surface area (Å²) in [5.74, 6) is 0.436. The molecule has 0 saturated carbocycles. The van der Waals surface area contributed by atoms with Crippen molar-refractivity contribution in [2.45, 2.75) is 25.9 Å². The van der Waals surface area contributed by atoms with Crippen molar-refractivity contribution in [1.29, 1.82) is 0 Å². The molecule has 0 atom stereocenters. The van der Waals surface area contributed by atoms with Gasteiger partial charge in [-0.25, -0.2) is 0 Å². The van der Waals surface area contributed by atoms with Crippen molar-refractivity contribution in [3.8, 4) is 11.1 Å². The van der Waals surface area contributed by atoms with Crippen LogP contribution >= 0.6 is 0 Å². The number of halogens is 3. The van der Waals surface area contributed by atoms with Gasteiger partial charge < -0.3 is 0 Å². The summed E-state index contributed by atoms with van der Waals surface area (Å²) in [7, 11) is 0. The van der Waals surface area contributed by atoms with Gasteiger partial charge in [0.25, 0.3) is 0 Å². The molecular weight excluding hydrogens is 249 g/mol. The monoisotopic (exact) mass is 263 g/mol. The first-order valence-corrected chi connectivity index (χ1v) is 6.07. The molecule has 0 aliphatic heterocycles. The summed E-state index contributed by atoms with van der Waals surface area (Å²) in [6.45, 7) is 4.19. The van der Waals surface area contributed by atoms with Gasteiger partial charge in [0.15, 0.2) is 0 Å². The zero-order valence-corrected chi connectivity index (χ0v) is 10.8. The van der Waals surface area contributed by atoms with E-state index in [1.165, 1.54) is 11.6 Å². The summed E-state index contributed by atoms with van der Waals surface area (Å²) in [5.41, 5.74) is 2.08. The SMILES string of the molecule is CC(C)c1ccc(-c2[c]cc(C(F)(F)F)cc2)cc1. The number of hydrogen-bond acceptors (Lipinski definition) is 0. The smallest absolute Gasteiger partial charge is 0.166 e. The number of rotatable bonds is 2. The Bertz CT molecular complexity index is 534. The molecule has 0 bridgehead atoms. The Morgan fingerprint density at radius 2 is 1.58 bits per heavy atom. The van der Waals surface area contributed by atoms with E-state index < -0.39 is 11.7 Å². The molecule has 0 amide bonds. The van der Waals surface area contributed by atoms with Crippen molar-refractivity contribution in [2.75, 3.05) is 0 Å². The van der Waals surface area contributed by atoms with Crippen LogP contribution in [0.15, 0.2) is 42.5 Å². The molecule has 0 N–H and O–H groups in total. The van der Waals surface area contributed by atoms with E-state index in [0.717, 1.165) is 17.7 Å². The molecule has 0 aliphatic rings. The Morgan fingerprint density at radius 3 is 2.00 bits per heavy atom. The molecule has 0 heterocycles. The normalized spacial score (nSPS) is 11.9. The lowest BCUT2D eigenvalue weighted by Crippen LogP contribution is -2.04. The highest BCUT2D eigenvalue weighted by Gasteiger charge is 2.30. The van der Waals surface area contributed by atoms with Crippen LogP contribution in [0.3, 0.4) is 0 Å². The second kappa shape index (κ2) is 5.08. The van der Waals surface area contributed by atoms with Crippen molar-refractivity contribution >= 4 is 0 Å². The molecule has 2 aromatic rings. The Kier molecular flexibility index (Phi) is 3.65. The van der Waals surface area contributed by atoms with E-state index >= 15 is 0 Å². The third kappa shape index (κ3) is 3.16. The molecule has 1 radical (unpaired) electrons. The Labute approximate surface area is 110 Å². The number of benzene rings is 2. The summed E-state index contributed by atoms with van der Waals surface area (Å²) in [5, 5.41) is 0. The van der Waals surface area contributed by atoms with Crippen LogP contribution < -0.4 is 0 Å². The second-order valence-electron chi connectivity index (χ2n) is 4.77. The lowest BCUT2D eigenvalue weighted by atomic mass is 9.98. The van der Waals surface area contributed by atoms with Crippen LogP contribution in [-0.2, 0) is 6.18 Å². The van der Waals surface area contributed by atoms with Crippen LogP contribution in [0.2, 0.25) is 0 Å². The van der Waals surface area contributed by atoms with Crippen molar-refractivity contribution in [2.24, 2.45) is 0 Å². The highest BCUT2D eigenvalue weighted by molar-refractivity contribution is 5.63. The molecule has 0 unspecified atom stereocenters. The third-order valence-corrected chi connectivity index (χ3v) is 3.03. The quantitative estimate of drug-likeness (QED) is 0.690. The zero-order chi connectivity index (χ0) is 14.0. The Hall–Kier alpha value is -1.77. The van der Waals surface area contributed by atoms with Crippen molar-refractivity contribution < 1.29 is 13.2 Å². The Balaban J connectivity index is 2.27. The lowest BCUT2D eigenvalue weighted by molar-refractivity contribution is -0.137. The minimum Gasteiger partial charge on any atom is -0.166 e. The minimum absolute atomic E-state index is 0.436. The van der Waals surface area contributed by atoms with Gasteiger partial charge in [0.1, 0.15) is 0 Å². The molecule has 0 spiro atoms. The fourth-order valence-corrected chi connectivity index (χ4v) is 1.83. The summed E-state index contributed by atoms with van der Waals surface area (Å²) in [4.78, 5) is 0. The predicted molar refractivity (Wildman–Crippen MR) is 69.8 cm³/mol. The molecule has 0 saturated heterocycles. The van der Waals surface area contributed by atoms with Crippen LogP contribution in [-0.4, -0.2) is 0 Å². The van der Waals surface area contributed by atoms with Crippen LogP contribution in [0, 0.1) is 6.07 Å². The molecular formula is C16H14F3. The van der Waals surface area contributed by atoms with Crippen molar-refractivity contribution in [3.63, 3.8) is 0 Å². The molecule has 3 heteroatoms. The van der Waals surface area contributed by atoms with Gasteiger partial charge in [-0.2, -0.15) is 13.2 Å². The summed E-state index contributed by atoms with van der Waals surface area (Å²) in [6.07, 6.45) is -4.31. The summed E-state index contributed by atoms with van der Waals surface area (Å²) in [6, 6.07) is 14.0. The minimum atomic E-state index is -4.31. The van der Waals surface area contributed by atoms with E-state index in [2.05, 4.69) is 19.9 Å². The first-order valence-electron chi connectivity index (χ1n) is 6.07. The largest absolute Gasteiger partial charge is 0.416 e. The fourth-order valence-electron chi connectivity index (χ4n) is 1.83. The molecule has 0 aromatic heterocycles. The van der Waals surface area contributed by atoms with E-state index in [1.54, 1.807) is 0 Å². The topological polar surface area (TPSA) is 0 Å².